The Labute approximate surface area is 139 Å². The minimum absolute atomic E-state index is 0.0590. The number of rotatable bonds is 5. The normalized spacial score (nSPS) is 18.3. The number of nitrogens with one attached hydrogen (secondary N) is 1. The molecule has 0 saturated carbocycles. The lowest BCUT2D eigenvalue weighted by Crippen LogP contribution is -2.46. The molecule has 1 aliphatic heterocycles. The molecule has 0 spiro atoms. The van der Waals surface area contributed by atoms with E-state index in [4.69, 9.17) is 0 Å². The van der Waals surface area contributed by atoms with Gasteiger partial charge >= 0.3 is 0 Å². The fourth-order valence-electron chi connectivity index (χ4n) is 2.94. The minimum atomic E-state index is -0.0789. The second-order valence-electron chi connectivity index (χ2n) is 5.97. The highest BCUT2D eigenvalue weighted by Crippen LogP contribution is 2.18. The molecule has 0 bridgehead atoms. The lowest BCUT2D eigenvalue weighted by atomic mass is 9.96. The Morgan fingerprint density at radius 2 is 2.35 bits per heavy atom. The zero-order valence-corrected chi connectivity index (χ0v) is 14.1. The first-order chi connectivity index (χ1) is 11.2. The van der Waals surface area contributed by atoms with E-state index >= 15 is 0 Å². The van der Waals surface area contributed by atoms with Gasteiger partial charge in [-0.2, -0.15) is 0 Å². The first kappa shape index (κ1) is 16.0. The van der Waals surface area contributed by atoms with Crippen LogP contribution in [0.5, 0.6) is 0 Å². The second kappa shape index (κ2) is 7.12. The van der Waals surface area contributed by atoms with E-state index in [1.165, 1.54) is 0 Å². The SMILES string of the molecule is CCCNC(=O)C1CCCN(C(=O)Cc2cn3ccsc3n2)C1. The fraction of sp³-hybridized carbons (Fsp3) is 0.562. The molecule has 1 saturated heterocycles. The van der Waals surface area contributed by atoms with Gasteiger partial charge in [0.05, 0.1) is 18.0 Å². The van der Waals surface area contributed by atoms with Crippen LogP contribution in [0.1, 0.15) is 31.9 Å². The first-order valence-corrected chi connectivity index (χ1v) is 9.02. The average molecular weight is 334 g/mol. The molecule has 0 aromatic carbocycles. The summed E-state index contributed by atoms with van der Waals surface area (Å²) in [5.41, 5.74) is 0.791. The lowest BCUT2D eigenvalue weighted by Gasteiger charge is -2.32. The topological polar surface area (TPSA) is 66.7 Å². The van der Waals surface area contributed by atoms with Crippen molar-refractivity contribution in [3.63, 3.8) is 0 Å². The molecule has 2 aromatic heterocycles. The highest BCUT2D eigenvalue weighted by molar-refractivity contribution is 7.15. The Morgan fingerprint density at radius 1 is 1.48 bits per heavy atom. The van der Waals surface area contributed by atoms with Gasteiger partial charge in [-0.15, -0.1) is 11.3 Å². The number of hydrogen-bond acceptors (Lipinski definition) is 4. The number of amides is 2. The quantitative estimate of drug-likeness (QED) is 0.905. The Hall–Kier alpha value is -1.89. The number of piperidine rings is 1. The minimum Gasteiger partial charge on any atom is -0.356 e. The second-order valence-corrected chi connectivity index (χ2v) is 6.84. The molecule has 0 aliphatic carbocycles. The van der Waals surface area contributed by atoms with Crippen LogP contribution in [0.4, 0.5) is 0 Å². The van der Waals surface area contributed by atoms with Crippen LogP contribution in [0.3, 0.4) is 0 Å². The van der Waals surface area contributed by atoms with Gasteiger partial charge in [0, 0.05) is 37.4 Å². The van der Waals surface area contributed by atoms with Crippen molar-refractivity contribution in [2.24, 2.45) is 5.92 Å². The van der Waals surface area contributed by atoms with E-state index in [9.17, 15) is 9.59 Å². The van der Waals surface area contributed by atoms with Crippen molar-refractivity contribution in [2.75, 3.05) is 19.6 Å². The number of fused-ring (bicyclic) bond motifs is 1. The maximum atomic E-state index is 12.5. The molecule has 1 fully saturated rings. The van der Waals surface area contributed by atoms with Crippen LogP contribution >= 0.6 is 11.3 Å². The highest BCUT2D eigenvalue weighted by atomic mass is 32.1. The van der Waals surface area contributed by atoms with Crippen LogP contribution in [0.15, 0.2) is 17.8 Å². The zero-order chi connectivity index (χ0) is 16.2. The van der Waals surface area contributed by atoms with E-state index in [1.807, 2.05) is 34.0 Å². The van der Waals surface area contributed by atoms with Gasteiger partial charge in [0.15, 0.2) is 4.96 Å². The van der Waals surface area contributed by atoms with E-state index in [2.05, 4.69) is 10.3 Å². The summed E-state index contributed by atoms with van der Waals surface area (Å²) in [5.74, 6) is 0.0559. The standard InChI is InChI=1S/C16H22N4O2S/c1-2-5-17-15(22)12-4-3-6-19(10-12)14(21)9-13-11-20-7-8-23-16(20)18-13/h7-8,11-12H,2-6,9-10H2,1H3,(H,17,22). The molecule has 2 aromatic rings. The Morgan fingerprint density at radius 3 is 3.13 bits per heavy atom. The summed E-state index contributed by atoms with van der Waals surface area (Å²) in [6, 6.07) is 0. The number of aromatic nitrogens is 2. The molecular weight excluding hydrogens is 312 g/mol. The van der Waals surface area contributed by atoms with Crippen molar-refractivity contribution in [3.05, 3.63) is 23.5 Å². The summed E-state index contributed by atoms with van der Waals surface area (Å²) >= 11 is 1.56. The number of likely N-dealkylation sites (tertiary alicyclic amines) is 1. The van der Waals surface area contributed by atoms with E-state index < -0.39 is 0 Å². The third-order valence-corrected chi connectivity index (χ3v) is 4.94. The van der Waals surface area contributed by atoms with Crippen molar-refractivity contribution in [3.8, 4) is 0 Å². The summed E-state index contributed by atoms with van der Waals surface area (Å²) in [6.07, 6.45) is 6.82. The number of imidazole rings is 1. The third-order valence-electron chi connectivity index (χ3n) is 4.17. The third kappa shape index (κ3) is 3.72. The Bertz CT molecular complexity index is 665. The van der Waals surface area contributed by atoms with Gasteiger partial charge in [-0.05, 0) is 19.3 Å². The number of nitrogens with zero attached hydrogens (tertiary/aromatic N) is 3. The number of hydrogen-bond donors (Lipinski definition) is 1. The van der Waals surface area contributed by atoms with E-state index in [1.54, 1.807) is 11.3 Å². The van der Waals surface area contributed by atoms with Crippen LogP contribution in [0.2, 0.25) is 0 Å². The van der Waals surface area contributed by atoms with Crippen molar-refractivity contribution < 1.29 is 9.59 Å². The van der Waals surface area contributed by atoms with Crippen molar-refractivity contribution in [2.45, 2.75) is 32.6 Å². The first-order valence-electron chi connectivity index (χ1n) is 8.14. The van der Waals surface area contributed by atoms with Crippen molar-refractivity contribution in [1.82, 2.24) is 19.6 Å². The molecule has 2 amide bonds. The van der Waals surface area contributed by atoms with Crippen molar-refractivity contribution in [1.29, 1.82) is 0 Å². The molecule has 1 atom stereocenters. The zero-order valence-electron chi connectivity index (χ0n) is 13.3. The van der Waals surface area contributed by atoms with Gasteiger partial charge in [-0.3, -0.25) is 14.0 Å². The van der Waals surface area contributed by atoms with E-state index in [0.29, 0.717) is 19.5 Å². The number of carbonyl (C=O) groups is 2. The van der Waals surface area contributed by atoms with E-state index in [0.717, 1.165) is 36.5 Å². The maximum absolute atomic E-state index is 12.5. The van der Waals surface area contributed by atoms with Gasteiger partial charge in [-0.25, -0.2) is 4.98 Å². The molecule has 7 heteroatoms. The summed E-state index contributed by atoms with van der Waals surface area (Å²) in [5, 5.41) is 4.90. The molecule has 23 heavy (non-hydrogen) atoms. The molecule has 1 aliphatic rings. The summed E-state index contributed by atoms with van der Waals surface area (Å²) in [4.78, 5) is 31.8. The summed E-state index contributed by atoms with van der Waals surface area (Å²) in [7, 11) is 0. The van der Waals surface area contributed by atoms with Crippen LogP contribution in [-0.4, -0.2) is 45.7 Å². The molecule has 3 heterocycles. The predicted molar refractivity (Wildman–Crippen MR) is 89.4 cm³/mol. The Kier molecular flexibility index (Phi) is 4.95. The van der Waals surface area contributed by atoms with Gasteiger partial charge in [0.2, 0.25) is 11.8 Å². The average Bonchev–Trinajstić information content (AvgIpc) is 3.14. The molecule has 3 rings (SSSR count). The van der Waals surface area contributed by atoms with Crippen molar-refractivity contribution >= 4 is 28.1 Å². The van der Waals surface area contributed by atoms with Crippen LogP contribution in [0, 0.1) is 5.92 Å². The molecular formula is C16H22N4O2S. The van der Waals surface area contributed by atoms with E-state index in [-0.39, 0.29) is 17.7 Å². The van der Waals surface area contributed by atoms with Gasteiger partial charge in [-0.1, -0.05) is 6.92 Å². The largest absolute Gasteiger partial charge is 0.356 e. The molecule has 0 radical (unpaired) electrons. The number of carbonyl (C=O) groups excluding carboxylic acids is 2. The smallest absolute Gasteiger partial charge is 0.228 e. The molecule has 124 valence electrons. The summed E-state index contributed by atoms with van der Waals surface area (Å²) < 4.78 is 1.94. The van der Waals surface area contributed by atoms with Crippen LogP contribution in [-0.2, 0) is 16.0 Å². The van der Waals surface area contributed by atoms with Gasteiger partial charge < -0.3 is 10.2 Å². The van der Waals surface area contributed by atoms with Gasteiger partial charge in [0.1, 0.15) is 0 Å². The molecule has 1 unspecified atom stereocenters. The monoisotopic (exact) mass is 334 g/mol. The molecule has 1 N–H and O–H groups in total. The van der Waals surface area contributed by atoms with Crippen LogP contribution < -0.4 is 5.32 Å². The Balaban J connectivity index is 1.58. The lowest BCUT2D eigenvalue weighted by molar-refractivity contribution is -0.135. The predicted octanol–water partition coefficient (Wildman–Crippen LogP) is 1.70. The van der Waals surface area contributed by atoms with Gasteiger partial charge in [0.25, 0.3) is 0 Å². The van der Waals surface area contributed by atoms with Crippen LogP contribution in [0.25, 0.3) is 4.96 Å². The molecule has 6 nitrogen and oxygen atoms in total. The summed E-state index contributed by atoms with van der Waals surface area (Å²) in [6.45, 7) is 4.00. The maximum Gasteiger partial charge on any atom is 0.228 e. The number of thiazole rings is 1. The fourth-order valence-corrected chi connectivity index (χ4v) is 3.66. The highest BCUT2D eigenvalue weighted by Gasteiger charge is 2.28.